The van der Waals surface area contributed by atoms with Crippen molar-refractivity contribution in [1.82, 2.24) is 9.47 Å². The van der Waals surface area contributed by atoms with E-state index in [1.807, 2.05) is 44.4 Å². The van der Waals surface area contributed by atoms with Crippen molar-refractivity contribution in [3.63, 3.8) is 0 Å². The number of benzene rings is 2. The molecule has 0 amide bonds. The Morgan fingerprint density at radius 3 is 2.55 bits per heavy atom. The number of esters is 1. The van der Waals surface area contributed by atoms with Gasteiger partial charge in [0.2, 0.25) is 0 Å². The first-order valence-electron chi connectivity index (χ1n) is 9.48. The van der Waals surface area contributed by atoms with Crippen LogP contribution in [0.15, 0.2) is 65.6 Å². The first-order chi connectivity index (χ1) is 14.0. The largest absolute Gasteiger partial charge is 0.455 e. The number of hydrogen-bond acceptors (Lipinski definition) is 4. The molecule has 0 bridgehead atoms. The lowest BCUT2D eigenvalue weighted by atomic mass is 10.0. The van der Waals surface area contributed by atoms with E-state index in [1.165, 1.54) is 6.92 Å². The summed E-state index contributed by atoms with van der Waals surface area (Å²) >= 11 is 8.31. The Labute approximate surface area is 180 Å². The van der Waals surface area contributed by atoms with E-state index in [9.17, 15) is 4.79 Å². The highest BCUT2D eigenvalue weighted by Gasteiger charge is 2.36. The summed E-state index contributed by atoms with van der Waals surface area (Å²) in [6.07, 6.45) is -0.431. The minimum absolute atomic E-state index is 0.109. The fourth-order valence-electron chi connectivity index (χ4n) is 3.78. The molecular formula is C23H23ClN2O2S. The number of carbonyl (C=O) groups excluding carboxylic acids is 1. The number of thioether (sulfide) groups is 1. The number of fused-ring (bicyclic) bond motifs is 3. The fourth-order valence-corrected chi connectivity index (χ4v) is 5.41. The molecule has 2 atom stereocenters. The zero-order chi connectivity index (χ0) is 20.5. The van der Waals surface area contributed by atoms with E-state index in [-0.39, 0.29) is 11.2 Å². The normalized spacial score (nSPS) is 18.1. The van der Waals surface area contributed by atoms with Gasteiger partial charge in [0.1, 0.15) is 0 Å². The van der Waals surface area contributed by atoms with Crippen LogP contribution < -0.4 is 0 Å². The van der Waals surface area contributed by atoms with Crippen LogP contribution in [0, 0.1) is 0 Å². The Hall–Kier alpha value is -2.21. The van der Waals surface area contributed by atoms with E-state index in [0.717, 1.165) is 34.1 Å². The molecule has 4 rings (SSSR count). The number of halogens is 1. The van der Waals surface area contributed by atoms with Crippen molar-refractivity contribution in [2.75, 3.05) is 14.1 Å². The predicted molar refractivity (Wildman–Crippen MR) is 118 cm³/mol. The van der Waals surface area contributed by atoms with Crippen molar-refractivity contribution in [3.8, 4) is 5.69 Å². The number of carbonyl (C=O) groups is 1. The van der Waals surface area contributed by atoms with Gasteiger partial charge in [-0.2, -0.15) is 0 Å². The van der Waals surface area contributed by atoms with Crippen molar-refractivity contribution in [3.05, 3.63) is 82.6 Å². The molecule has 1 aliphatic rings. The van der Waals surface area contributed by atoms with E-state index < -0.39 is 6.10 Å². The molecule has 6 heteroatoms. The minimum atomic E-state index is -0.431. The molecule has 2 aromatic carbocycles. The maximum Gasteiger partial charge on any atom is 0.303 e. The van der Waals surface area contributed by atoms with Crippen molar-refractivity contribution in [2.24, 2.45) is 0 Å². The standard InChI is InChI=1S/C23H23ClN2O2S/c1-15(27)28-21-19-13-12-17(14-25(2)3)26(19)20-11-7-10-18(24)23(20)29-22(21)16-8-5-4-6-9-16/h4-13,21-22H,14H2,1-3H3. The Morgan fingerprint density at radius 2 is 1.86 bits per heavy atom. The van der Waals surface area contributed by atoms with E-state index in [0.29, 0.717) is 5.02 Å². The molecular weight excluding hydrogens is 404 g/mol. The van der Waals surface area contributed by atoms with Gasteiger partial charge in [-0.25, -0.2) is 0 Å². The average Bonchev–Trinajstić information content (AvgIpc) is 3.02. The summed E-state index contributed by atoms with van der Waals surface area (Å²) in [7, 11) is 4.08. The lowest BCUT2D eigenvalue weighted by molar-refractivity contribution is -0.147. The summed E-state index contributed by atoms with van der Waals surface area (Å²) in [6, 6.07) is 20.3. The summed E-state index contributed by atoms with van der Waals surface area (Å²) in [4.78, 5) is 15.2. The average molecular weight is 427 g/mol. The summed E-state index contributed by atoms with van der Waals surface area (Å²) in [5.74, 6) is -0.296. The highest BCUT2D eigenvalue weighted by molar-refractivity contribution is 7.99. The van der Waals surface area contributed by atoms with Gasteiger partial charge < -0.3 is 14.2 Å². The van der Waals surface area contributed by atoms with Gasteiger partial charge in [-0.1, -0.05) is 48.0 Å². The van der Waals surface area contributed by atoms with Crippen LogP contribution in [0.3, 0.4) is 0 Å². The maximum atomic E-state index is 12.1. The van der Waals surface area contributed by atoms with Crippen LogP contribution in [0.5, 0.6) is 0 Å². The van der Waals surface area contributed by atoms with E-state index in [2.05, 4.69) is 39.8 Å². The third-order valence-electron chi connectivity index (χ3n) is 4.89. The maximum absolute atomic E-state index is 12.1. The Balaban J connectivity index is 1.97. The summed E-state index contributed by atoms with van der Waals surface area (Å²) in [5, 5.41) is 0.592. The molecule has 2 heterocycles. The number of nitrogens with zero attached hydrogens (tertiary/aromatic N) is 2. The molecule has 0 saturated carbocycles. The highest BCUT2D eigenvalue weighted by atomic mass is 35.5. The molecule has 0 N–H and O–H groups in total. The first-order valence-corrected chi connectivity index (χ1v) is 10.7. The van der Waals surface area contributed by atoms with Crippen LogP contribution >= 0.6 is 23.4 Å². The van der Waals surface area contributed by atoms with Crippen LogP contribution in [0.4, 0.5) is 0 Å². The van der Waals surface area contributed by atoms with Gasteiger partial charge in [0, 0.05) is 19.2 Å². The SMILES string of the molecule is CC(=O)OC1c2ccc(CN(C)C)n2-c2cccc(Cl)c2SC1c1ccccc1. The van der Waals surface area contributed by atoms with Crippen LogP contribution in [-0.2, 0) is 16.1 Å². The van der Waals surface area contributed by atoms with Gasteiger partial charge in [0.05, 0.1) is 26.5 Å². The van der Waals surface area contributed by atoms with Crippen LogP contribution in [0.1, 0.15) is 35.2 Å². The van der Waals surface area contributed by atoms with E-state index in [4.69, 9.17) is 16.3 Å². The van der Waals surface area contributed by atoms with Crippen molar-refractivity contribution in [2.45, 2.75) is 29.7 Å². The number of rotatable bonds is 4. The topological polar surface area (TPSA) is 34.5 Å². The van der Waals surface area contributed by atoms with Crippen molar-refractivity contribution < 1.29 is 9.53 Å². The molecule has 4 nitrogen and oxygen atoms in total. The predicted octanol–water partition coefficient (Wildman–Crippen LogP) is 5.64. The number of hydrogen-bond donors (Lipinski definition) is 0. The molecule has 0 spiro atoms. The Kier molecular flexibility index (Phi) is 5.72. The minimum Gasteiger partial charge on any atom is -0.455 e. The first kappa shape index (κ1) is 20.1. The van der Waals surface area contributed by atoms with Gasteiger partial charge >= 0.3 is 5.97 Å². The van der Waals surface area contributed by atoms with Crippen LogP contribution in [-0.4, -0.2) is 29.5 Å². The van der Waals surface area contributed by atoms with E-state index in [1.54, 1.807) is 11.8 Å². The third-order valence-corrected chi connectivity index (χ3v) is 6.75. The summed E-state index contributed by atoms with van der Waals surface area (Å²) in [6.45, 7) is 2.23. The molecule has 3 aromatic rings. The van der Waals surface area contributed by atoms with Gasteiger partial charge in [-0.05, 0) is 43.9 Å². The third kappa shape index (κ3) is 3.95. The Morgan fingerprint density at radius 1 is 1.10 bits per heavy atom. The summed E-state index contributed by atoms with van der Waals surface area (Å²) < 4.78 is 8.12. The monoisotopic (exact) mass is 426 g/mol. The molecule has 0 radical (unpaired) electrons. The zero-order valence-electron chi connectivity index (χ0n) is 16.6. The number of ether oxygens (including phenoxy) is 1. The van der Waals surface area contributed by atoms with Crippen LogP contribution in [0.2, 0.25) is 5.02 Å². The smallest absolute Gasteiger partial charge is 0.303 e. The quantitative estimate of drug-likeness (QED) is 0.505. The molecule has 0 fully saturated rings. The zero-order valence-corrected chi connectivity index (χ0v) is 18.2. The van der Waals surface area contributed by atoms with Crippen molar-refractivity contribution in [1.29, 1.82) is 0 Å². The summed E-state index contributed by atoms with van der Waals surface area (Å²) in [5.41, 5.74) is 4.20. The van der Waals surface area contributed by atoms with Gasteiger partial charge in [-0.15, -0.1) is 11.8 Å². The van der Waals surface area contributed by atoms with Crippen molar-refractivity contribution >= 4 is 29.3 Å². The number of aromatic nitrogens is 1. The highest BCUT2D eigenvalue weighted by Crippen LogP contribution is 2.52. The molecule has 150 valence electrons. The lowest BCUT2D eigenvalue weighted by Gasteiger charge is -2.25. The lowest BCUT2D eigenvalue weighted by Crippen LogP contribution is -2.19. The second-order valence-corrected chi connectivity index (χ2v) is 8.95. The molecule has 1 aromatic heterocycles. The molecule has 29 heavy (non-hydrogen) atoms. The van der Waals surface area contributed by atoms with E-state index >= 15 is 0 Å². The second-order valence-electron chi connectivity index (χ2n) is 7.39. The second kappa shape index (κ2) is 8.27. The van der Waals surface area contributed by atoms with Crippen LogP contribution in [0.25, 0.3) is 5.69 Å². The van der Waals surface area contributed by atoms with Gasteiger partial charge in [-0.3, -0.25) is 4.79 Å². The fraction of sp³-hybridized carbons (Fsp3) is 0.261. The van der Waals surface area contributed by atoms with Gasteiger partial charge in [0.25, 0.3) is 0 Å². The van der Waals surface area contributed by atoms with Gasteiger partial charge in [0.15, 0.2) is 6.10 Å². The molecule has 1 aliphatic heterocycles. The molecule has 2 unspecified atom stereocenters. The Bertz CT molecular complexity index is 1030. The molecule has 0 saturated heterocycles. The molecule has 0 aliphatic carbocycles.